The predicted octanol–water partition coefficient (Wildman–Crippen LogP) is 8.19. The molecular formula is C41H73NO7. The van der Waals surface area contributed by atoms with Crippen LogP contribution in [0.2, 0.25) is 0 Å². The van der Waals surface area contributed by atoms with Gasteiger partial charge in [-0.25, -0.2) is 9.59 Å². The van der Waals surface area contributed by atoms with Gasteiger partial charge in [0.15, 0.2) is 0 Å². The Balaban J connectivity index is 1.54. The second-order valence-electron chi connectivity index (χ2n) is 20.3. The number of aliphatic hydroxyl groups excluding tert-OH is 1. The van der Waals surface area contributed by atoms with Gasteiger partial charge in [-0.15, -0.1) is 0 Å². The van der Waals surface area contributed by atoms with Gasteiger partial charge in [-0.05, 0) is 152 Å². The van der Waals surface area contributed by atoms with E-state index in [-0.39, 0.29) is 45.5 Å². The van der Waals surface area contributed by atoms with Crippen molar-refractivity contribution in [2.24, 2.45) is 51.2 Å². The molecule has 8 heteroatoms. The first kappa shape index (κ1) is 40.4. The summed E-state index contributed by atoms with van der Waals surface area (Å²) in [6.07, 6.45) is 7.74. The number of carbonyl (C=O) groups excluding carboxylic acids is 2. The minimum Gasteiger partial charge on any atom is -0.460 e. The monoisotopic (exact) mass is 692 g/mol. The second kappa shape index (κ2) is 13.5. The van der Waals surface area contributed by atoms with E-state index in [1.165, 1.54) is 0 Å². The summed E-state index contributed by atoms with van der Waals surface area (Å²) >= 11 is 0. The van der Waals surface area contributed by atoms with Crippen molar-refractivity contribution in [2.45, 2.75) is 196 Å². The van der Waals surface area contributed by atoms with Gasteiger partial charge in [0.05, 0.1) is 17.3 Å². The van der Waals surface area contributed by atoms with E-state index in [0.717, 1.165) is 51.4 Å². The van der Waals surface area contributed by atoms with Crippen molar-refractivity contribution >= 4 is 12.1 Å². The molecule has 0 aromatic carbocycles. The third-order valence-corrected chi connectivity index (χ3v) is 15.0. The largest absolute Gasteiger partial charge is 0.460 e. The molecule has 4 rings (SSSR count). The molecule has 4 N–H and O–H groups in total. The van der Waals surface area contributed by atoms with Crippen LogP contribution in [0.5, 0.6) is 0 Å². The molecule has 284 valence electrons. The first-order valence-electron chi connectivity index (χ1n) is 19.6. The zero-order valence-corrected chi connectivity index (χ0v) is 33.4. The van der Waals surface area contributed by atoms with Gasteiger partial charge in [0.25, 0.3) is 0 Å². The molecule has 4 saturated carbocycles. The number of hydrogen-bond acceptors (Lipinski definition) is 7. The maximum absolute atomic E-state index is 13.8. The quantitative estimate of drug-likeness (QED) is 0.170. The van der Waals surface area contributed by atoms with Gasteiger partial charge in [0.2, 0.25) is 0 Å². The number of alkyl carbamates (subject to hydrolysis) is 1. The van der Waals surface area contributed by atoms with Crippen molar-refractivity contribution in [3.8, 4) is 0 Å². The number of rotatable bonds is 10. The third kappa shape index (κ3) is 7.59. The van der Waals surface area contributed by atoms with Crippen molar-refractivity contribution in [3.05, 3.63) is 0 Å². The fourth-order valence-corrected chi connectivity index (χ4v) is 12.0. The topological polar surface area (TPSA) is 125 Å². The molecule has 0 aromatic heterocycles. The lowest BCUT2D eigenvalue weighted by Crippen LogP contribution is -2.67. The van der Waals surface area contributed by atoms with Gasteiger partial charge in [0, 0.05) is 5.41 Å². The molecule has 0 heterocycles. The van der Waals surface area contributed by atoms with Crippen LogP contribution < -0.4 is 5.32 Å². The lowest BCUT2D eigenvalue weighted by molar-refractivity contribution is -0.249. The van der Waals surface area contributed by atoms with Gasteiger partial charge in [0.1, 0.15) is 17.7 Å². The van der Waals surface area contributed by atoms with E-state index in [9.17, 15) is 24.9 Å². The predicted molar refractivity (Wildman–Crippen MR) is 194 cm³/mol. The summed E-state index contributed by atoms with van der Waals surface area (Å²) in [7, 11) is 0. The number of nitrogens with one attached hydrogen (secondary N) is 1. The number of amides is 1. The average molecular weight is 692 g/mol. The summed E-state index contributed by atoms with van der Waals surface area (Å²) in [6.45, 7) is 26.9. The number of carbonyl (C=O) groups is 2. The molecule has 1 unspecified atom stereocenters. The van der Waals surface area contributed by atoms with E-state index in [2.05, 4.69) is 39.9 Å². The summed E-state index contributed by atoms with van der Waals surface area (Å²) in [5, 5.41) is 37.1. The number of aliphatic hydroxyl groups is 3. The van der Waals surface area contributed by atoms with E-state index in [0.29, 0.717) is 31.1 Å². The van der Waals surface area contributed by atoms with Crippen molar-refractivity contribution in [1.29, 1.82) is 0 Å². The van der Waals surface area contributed by atoms with Crippen LogP contribution in [-0.2, 0) is 14.3 Å². The standard InChI is InChI=1S/C41H73NO7/c1-14-25(2)32(42-34(45)49-35(3,4)5)33(44)48-30-18-21-38(10)28(37(30,8)9)17-23-39(11)29(38)24-27(43)31-26(16-22-40(31,39)12)41(13,47)20-15-19-36(6,7)46/h25-32,43,46-47H,14-24H2,1-13H3,(H,42,45)/t25-,26?,27+,28+,29+,30-,31-,32-,38-,39+,40+,41+/m0/s1. The van der Waals surface area contributed by atoms with Crippen LogP contribution in [0.4, 0.5) is 4.79 Å². The minimum atomic E-state index is -0.894. The number of esters is 1. The van der Waals surface area contributed by atoms with Gasteiger partial charge < -0.3 is 30.1 Å². The van der Waals surface area contributed by atoms with Crippen molar-refractivity contribution in [1.82, 2.24) is 5.32 Å². The molecular weight excluding hydrogens is 618 g/mol. The van der Waals surface area contributed by atoms with Gasteiger partial charge in [-0.2, -0.15) is 0 Å². The first-order valence-corrected chi connectivity index (χ1v) is 19.6. The van der Waals surface area contributed by atoms with Crippen molar-refractivity contribution < 1.29 is 34.4 Å². The highest BCUT2D eigenvalue weighted by Crippen LogP contribution is 2.76. The van der Waals surface area contributed by atoms with E-state index < -0.39 is 41.0 Å². The maximum atomic E-state index is 13.8. The van der Waals surface area contributed by atoms with Crippen LogP contribution in [-0.4, -0.2) is 62.4 Å². The summed E-state index contributed by atoms with van der Waals surface area (Å²) in [6, 6.07) is -0.786. The second-order valence-corrected chi connectivity index (χ2v) is 20.3. The SMILES string of the molecule is CC[C@H](C)[C@H](NC(=O)OC(C)(C)C)C(=O)O[C@H]1CC[C@@]2(C)[C@H](CC[C@]3(C)[C@@H]2C[C@@H](O)[C@@H]2C([C@](C)(O)CCCC(C)(C)O)CC[C@]23C)C1(C)C. The third-order valence-electron chi connectivity index (χ3n) is 15.0. The molecule has 1 amide bonds. The molecule has 0 radical (unpaired) electrons. The van der Waals surface area contributed by atoms with Gasteiger partial charge in [-0.3, -0.25) is 0 Å². The molecule has 0 spiro atoms. The molecule has 4 aliphatic carbocycles. The Morgan fingerprint density at radius 2 is 1.49 bits per heavy atom. The average Bonchev–Trinajstić information content (AvgIpc) is 3.33. The summed E-state index contributed by atoms with van der Waals surface area (Å²) < 4.78 is 11.9. The Morgan fingerprint density at radius 3 is 2.06 bits per heavy atom. The lowest BCUT2D eigenvalue weighted by atomic mass is 9.35. The summed E-state index contributed by atoms with van der Waals surface area (Å²) in [5.41, 5.74) is -2.73. The molecule has 49 heavy (non-hydrogen) atoms. The zero-order valence-electron chi connectivity index (χ0n) is 33.4. The lowest BCUT2D eigenvalue weighted by Gasteiger charge is -2.70. The van der Waals surface area contributed by atoms with Gasteiger partial charge in [-0.1, -0.05) is 54.9 Å². The number of ether oxygens (including phenoxy) is 2. The smallest absolute Gasteiger partial charge is 0.408 e. The van der Waals surface area contributed by atoms with E-state index >= 15 is 0 Å². The normalized spacial score (nSPS) is 39.8. The van der Waals surface area contributed by atoms with E-state index in [1.54, 1.807) is 0 Å². The Kier molecular flexibility index (Phi) is 11.2. The van der Waals surface area contributed by atoms with Crippen LogP contribution in [0.25, 0.3) is 0 Å². The fraction of sp³-hybridized carbons (Fsp3) is 0.951. The van der Waals surface area contributed by atoms with Gasteiger partial charge >= 0.3 is 12.1 Å². The van der Waals surface area contributed by atoms with Crippen molar-refractivity contribution in [3.63, 3.8) is 0 Å². The highest BCUT2D eigenvalue weighted by atomic mass is 16.6. The number of fused-ring (bicyclic) bond motifs is 5. The highest BCUT2D eigenvalue weighted by molar-refractivity contribution is 5.82. The summed E-state index contributed by atoms with van der Waals surface area (Å²) in [4.78, 5) is 26.5. The van der Waals surface area contributed by atoms with Crippen LogP contribution in [0.1, 0.15) is 161 Å². The maximum Gasteiger partial charge on any atom is 0.408 e. The van der Waals surface area contributed by atoms with E-state index in [1.807, 2.05) is 55.4 Å². The van der Waals surface area contributed by atoms with Crippen LogP contribution >= 0.6 is 0 Å². The number of hydrogen-bond donors (Lipinski definition) is 4. The Labute approximate surface area is 298 Å². The molecule has 8 nitrogen and oxygen atoms in total. The Morgan fingerprint density at radius 1 is 0.878 bits per heavy atom. The first-order chi connectivity index (χ1) is 22.2. The van der Waals surface area contributed by atoms with Crippen LogP contribution in [0.3, 0.4) is 0 Å². The Bertz CT molecular complexity index is 1200. The molecule has 0 bridgehead atoms. The highest BCUT2D eigenvalue weighted by Gasteiger charge is 2.71. The van der Waals surface area contributed by atoms with Crippen LogP contribution in [0.15, 0.2) is 0 Å². The van der Waals surface area contributed by atoms with Crippen molar-refractivity contribution in [2.75, 3.05) is 0 Å². The molecule has 0 aromatic rings. The Hall–Kier alpha value is -1.38. The molecule has 4 fully saturated rings. The zero-order chi connectivity index (χ0) is 37.2. The van der Waals surface area contributed by atoms with Crippen LogP contribution in [0, 0.1) is 51.2 Å². The molecule has 12 atom stereocenters. The molecule has 0 aliphatic heterocycles. The van der Waals surface area contributed by atoms with E-state index in [4.69, 9.17) is 9.47 Å². The summed E-state index contributed by atoms with van der Waals surface area (Å²) in [5.74, 6) is 0.176. The minimum absolute atomic E-state index is 0.0125. The molecule has 4 aliphatic rings. The fourth-order valence-electron chi connectivity index (χ4n) is 12.0. The molecule has 0 saturated heterocycles.